The van der Waals surface area contributed by atoms with Crippen LogP contribution in [0, 0.1) is 13.8 Å². The van der Waals surface area contributed by atoms with Crippen molar-refractivity contribution < 1.29 is 18.0 Å². The van der Waals surface area contributed by atoms with E-state index >= 15 is 0 Å². The van der Waals surface area contributed by atoms with Crippen molar-refractivity contribution in [2.45, 2.75) is 26.1 Å². The maximum atomic E-state index is 13.2. The van der Waals surface area contributed by atoms with Gasteiger partial charge < -0.3 is 10.3 Å². The molecule has 8 heteroatoms. The third kappa shape index (κ3) is 3.77. The van der Waals surface area contributed by atoms with E-state index in [0.29, 0.717) is 11.3 Å². The zero-order valence-electron chi connectivity index (χ0n) is 12.4. The Labute approximate surface area is 129 Å². The Morgan fingerprint density at radius 1 is 1.35 bits per heavy atom. The van der Waals surface area contributed by atoms with E-state index in [1.165, 1.54) is 24.4 Å². The summed E-state index contributed by atoms with van der Waals surface area (Å²) in [6.07, 6.45) is -2.37. The van der Waals surface area contributed by atoms with Gasteiger partial charge in [-0.3, -0.25) is 14.6 Å². The lowest BCUT2D eigenvalue weighted by Gasteiger charge is -2.21. The lowest BCUT2D eigenvalue weighted by Crippen LogP contribution is -2.40. The summed E-state index contributed by atoms with van der Waals surface area (Å²) in [7, 11) is 0. The molecule has 0 saturated heterocycles. The zero-order valence-corrected chi connectivity index (χ0v) is 12.4. The van der Waals surface area contributed by atoms with Crippen molar-refractivity contribution in [2.24, 2.45) is 0 Å². The highest BCUT2D eigenvalue weighted by atomic mass is 19.4. The minimum atomic E-state index is -4.72. The second-order valence-corrected chi connectivity index (χ2v) is 5.05. The van der Waals surface area contributed by atoms with E-state index < -0.39 is 23.7 Å². The molecule has 2 N–H and O–H groups in total. The number of H-pyrrole nitrogens is 1. The Balaban J connectivity index is 2.36. The van der Waals surface area contributed by atoms with Crippen LogP contribution in [0.1, 0.15) is 33.2 Å². The topological polar surface area (TPSA) is 74.8 Å². The number of aryl methyl sites for hydroxylation is 2. The predicted molar refractivity (Wildman–Crippen MR) is 77.0 cm³/mol. The summed E-state index contributed by atoms with van der Waals surface area (Å²) in [5.41, 5.74) is -0.177. The first-order valence-corrected chi connectivity index (χ1v) is 6.68. The summed E-state index contributed by atoms with van der Waals surface area (Å²) in [5, 5.41) is 1.85. The fraction of sp³-hybridized carbons (Fsp3) is 0.267. The first kappa shape index (κ1) is 16.7. The largest absolute Gasteiger partial charge is 0.412 e. The molecule has 0 bridgehead atoms. The van der Waals surface area contributed by atoms with Crippen molar-refractivity contribution in [3.05, 3.63) is 63.3 Å². The Morgan fingerprint density at radius 3 is 2.61 bits per heavy atom. The second-order valence-electron chi connectivity index (χ2n) is 5.05. The van der Waals surface area contributed by atoms with Crippen molar-refractivity contribution >= 4 is 5.91 Å². The molecule has 0 aliphatic carbocycles. The summed E-state index contributed by atoms with van der Waals surface area (Å²) in [6.45, 7) is 3.27. The first-order valence-electron chi connectivity index (χ1n) is 6.68. The Hall–Kier alpha value is -2.64. The van der Waals surface area contributed by atoms with Gasteiger partial charge in [0.25, 0.3) is 11.5 Å². The van der Waals surface area contributed by atoms with Gasteiger partial charge in [-0.2, -0.15) is 13.2 Å². The lowest BCUT2D eigenvalue weighted by atomic mass is 10.1. The highest BCUT2D eigenvalue weighted by Gasteiger charge is 2.42. The minimum absolute atomic E-state index is 0.214. The number of alkyl halides is 3. The molecule has 0 fully saturated rings. The molecule has 0 aliphatic rings. The molecule has 2 aromatic rings. The average Bonchev–Trinajstić information content (AvgIpc) is 2.48. The summed E-state index contributed by atoms with van der Waals surface area (Å²) in [5.74, 6) is -1.10. The second kappa shape index (κ2) is 6.23. The number of amides is 1. The van der Waals surface area contributed by atoms with Crippen LogP contribution >= 0.6 is 0 Å². The standard InChI is InChI=1S/C15H14F3N3O2/c1-8-6-11(13(22)20-9(8)2)14(23)21-12(15(16,17)18)10-4-3-5-19-7-10/h3-7,12H,1-2H3,(H,20,22)(H,21,23). The number of carbonyl (C=O) groups excluding carboxylic acids is 1. The molecule has 0 aromatic carbocycles. The quantitative estimate of drug-likeness (QED) is 0.910. The van der Waals surface area contributed by atoms with E-state index in [0.717, 1.165) is 6.20 Å². The van der Waals surface area contributed by atoms with Gasteiger partial charge in [0.15, 0.2) is 6.04 Å². The highest BCUT2D eigenvalue weighted by molar-refractivity contribution is 5.94. The molecule has 2 heterocycles. The SMILES string of the molecule is Cc1cc(C(=O)NC(c2cccnc2)C(F)(F)F)c(=O)[nH]c1C. The summed E-state index contributed by atoms with van der Waals surface area (Å²) < 4.78 is 39.6. The Morgan fingerprint density at radius 2 is 2.04 bits per heavy atom. The van der Waals surface area contributed by atoms with Crippen LogP contribution < -0.4 is 10.9 Å². The van der Waals surface area contributed by atoms with E-state index in [2.05, 4.69) is 9.97 Å². The third-order valence-electron chi connectivity index (χ3n) is 3.36. The molecule has 2 rings (SSSR count). The van der Waals surface area contributed by atoms with Crippen molar-refractivity contribution in [3.8, 4) is 0 Å². The van der Waals surface area contributed by atoms with Crippen LogP contribution in [0.5, 0.6) is 0 Å². The van der Waals surface area contributed by atoms with Crippen LogP contribution in [0.15, 0.2) is 35.4 Å². The monoisotopic (exact) mass is 325 g/mol. The van der Waals surface area contributed by atoms with E-state index in [4.69, 9.17) is 0 Å². The summed E-state index contributed by atoms with van der Waals surface area (Å²) in [4.78, 5) is 30.0. The van der Waals surface area contributed by atoms with Gasteiger partial charge in [-0.05, 0) is 31.5 Å². The molecule has 0 saturated carbocycles. The van der Waals surface area contributed by atoms with Crippen LogP contribution in [0.2, 0.25) is 0 Å². The molecule has 1 atom stereocenters. The van der Waals surface area contributed by atoms with Gasteiger partial charge in [-0.25, -0.2) is 0 Å². The van der Waals surface area contributed by atoms with Crippen LogP contribution in [0.4, 0.5) is 13.2 Å². The molecule has 5 nitrogen and oxygen atoms in total. The van der Waals surface area contributed by atoms with Crippen molar-refractivity contribution in [1.82, 2.24) is 15.3 Å². The van der Waals surface area contributed by atoms with Crippen molar-refractivity contribution in [3.63, 3.8) is 0 Å². The highest BCUT2D eigenvalue weighted by Crippen LogP contribution is 2.32. The molecule has 2 aromatic heterocycles. The number of nitrogens with one attached hydrogen (secondary N) is 2. The van der Waals surface area contributed by atoms with Gasteiger partial charge in [-0.15, -0.1) is 0 Å². The maximum absolute atomic E-state index is 13.2. The number of halogens is 3. The Bertz CT molecular complexity index is 770. The minimum Gasteiger partial charge on any atom is -0.336 e. The number of nitrogens with zero attached hydrogens (tertiary/aromatic N) is 1. The number of aromatic amines is 1. The van der Waals surface area contributed by atoms with Gasteiger partial charge in [0.05, 0.1) is 0 Å². The number of aromatic nitrogens is 2. The third-order valence-corrected chi connectivity index (χ3v) is 3.36. The van der Waals surface area contributed by atoms with Crippen LogP contribution in [-0.2, 0) is 0 Å². The molecule has 23 heavy (non-hydrogen) atoms. The summed E-state index contributed by atoms with van der Waals surface area (Å²) in [6, 6.07) is 1.56. The molecule has 0 aliphatic heterocycles. The number of carbonyl (C=O) groups is 1. The van der Waals surface area contributed by atoms with Crippen LogP contribution in [0.3, 0.4) is 0 Å². The smallest absolute Gasteiger partial charge is 0.336 e. The number of rotatable bonds is 3. The van der Waals surface area contributed by atoms with Gasteiger partial charge in [-0.1, -0.05) is 6.07 Å². The van der Waals surface area contributed by atoms with Crippen molar-refractivity contribution in [2.75, 3.05) is 0 Å². The van der Waals surface area contributed by atoms with Crippen LogP contribution in [-0.4, -0.2) is 22.1 Å². The molecule has 122 valence electrons. The molecular weight excluding hydrogens is 311 g/mol. The van der Waals surface area contributed by atoms with Gasteiger partial charge in [0.2, 0.25) is 0 Å². The molecule has 0 spiro atoms. The van der Waals surface area contributed by atoms with Gasteiger partial charge in [0, 0.05) is 23.7 Å². The van der Waals surface area contributed by atoms with E-state index in [1.54, 1.807) is 13.8 Å². The lowest BCUT2D eigenvalue weighted by molar-refractivity contribution is -0.155. The van der Waals surface area contributed by atoms with E-state index in [9.17, 15) is 22.8 Å². The summed E-state index contributed by atoms with van der Waals surface area (Å²) >= 11 is 0. The zero-order chi connectivity index (χ0) is 17.2. The van der Waals surface area contributed by atoms with Crippen LogP contribution in [0.25, 0.3) is 0 Å². The first-order chi connectivity index (χ1) is 10.7. The number of hydrogen-bond donors (Lipinski definition) is 2. The molecule has 1 amide bonds. The fourth-order valence-corrected chi connectivity index (χ4v) is 2.00. The maximum Gasteiger partial charge on any atom is 0.412 e. The van der Waals surface area contributed by atoms with E-state index in [-0.39, 0.29) is 11.1 Å². The van der Waals surface area contributed by atoms with Gasteiger partial charge in [0.1, 0.15) is 5.56 Å². The van der Waals surface area contributed by atoms with E-state index in [1.807, 2.05) is 5.32 Å². The Kier molecular flexibility index (Phi) is 4.53. The van der Waals surface area contributed by atoms with Crippen molar-refractivity contribution in [1.29, 1.82) is 0 Å². The van der Waals surface area contributed by atoms with Gasteiger partial charge >= 0.3 is 6.18 Å². The molecule has 0 radical (unpaired) electrons. The number of pyridine rings is 2. The molecule has 1 unspecified atom stereocenters. The predicted octanol–water partition coefficient (Wildman–Crippen LogP) is 2.42. The average molecular weight is 325 g/mol. The normalized spacial score (nSPS) is 12.7. The number of hydrogen-bond acceptors (Lipinski definition) is 3. The fourth-order valence-electron chi connectivity index (χ4n) is 2.00. The molecular formula is C15H14F3N3O2.